The SMILES string of the molecule is C[C@@H]1C[C@@H](C)CN(S(=O)(=O)c2ccc(C(=O)Nc3cc(F)ccc3F)cc2)C1. The Bertz CT molecular complexity index is 967. The van der Waals surface area contributed by atoms with E-state index in [9.17, 15) is 22.0 Å². The number of halogens is 2. The number of hydrogen-bond donors (Lipinski definition) is 1. The van der Waals surface area contributed by atoms with E-state index in [-0.39, 0.29) is 28.0 Å². The van der Waals surface area contributed by atoms with Gasteiger partial charge in [0.2, 0.25) is 10.0 Å². The maximum absolute atomic E-state index is 13.7. The number of benzene rings is 2. The van der Waals surface area contributed by atoms with E-state index in [0.717, 1.165) is 24.6 Å². The lowest BCUT2D eigenvalue weighted by atomic mass is 9.94. The molecule has 3 rings (SSSR count). The molecule has 2 atom stereocenters. The van der Waals surface area contributed by atoms with Gasteiger partial charge in [-0.05, 0) is 54.7 Å². The van der Waals surface area contributed by atoms with Gasteiger partial charge in [-0.25, -0.2) is 17.2 Å². The van der Waals surface area contributed by atoms with Crippen LogP contribution in [0.3, 0.4) is 0 Å². The van der Waals surface area contributed by atoms with Gasteiger partial charge >= 0.3 is 0 Å². The Hall–Kier alpha value is -2.32. The number of nitrogens with one attached hydrogen (secondary N) is 1. The first-order valence-corrected chi connectivity index (χ1v) is 10.5. The lowest BCUT2D eigenvalue weighted by Gasteiger charge is -2.34. The molecule has 0 aromatic heterocycles. The zero-order chi connectivity index (χ0) is 20.5. The molecule has 1 heterocycles. The van der Waals surface area contributed by atoms with Gasteiger partial charge in [0.25, 0.3) is 5.91 Å². The van der Waals surface area contributed by atoms with Crippen molar-refractivity contribution in [3.8, 4) is 0 Å². The van der Waals surface area contributed by atoms with Crippen molar-refractivity contribution in [1.82, 2.24) is 4.31 Å². The van der Waals surface area contributed by atoms with Gasteiger partial charge in [0, 0.05) is 24.7 Å². The van der Waals surface area contributed by atoms with Crippen molar-refractivity contribution in [2.75, 3.05) is 18.4 Å². The highest BCUT2D eigenvalue weighted by Gasteiger charge is 2.31. The Morgan fingerprint density at radius 3 is 2.25 bits per heavy atom. The zero-order valence-corrected chi connectivity index (χ0v) is 16.5. The number of piperidine rings is 1. The normalized spacial score (nSPS) is 20.7. The van der Waals surface area contributed by atoms with Crippen molar-refractivity contribution >= 4 is 21.6 Å². The molecule has 1 N–H and O–H groups in total. The third kappa shape index (κ3) is 4.39. The molecule has 2 aromatic carbocycles. The van der Waals surface area contributed by atoms with E-state index in [0.29, 0.717) is 13.1 Å². The monoisotopic (exact) mass is 408 g/mol. The fraction of sp³-hybridized carbons (Fsp3) is 0.350. The Labute approximate surface area is 163 Å². The molecule has 1 amide bonds. The summed E-state index contributed by atoms with van der Waals surface area (Å²) in [7, 11) is -3.65. The second kappa shape index (κ2) is 7.97. The highest BCUT2D eigenvalue weighted by Crippen LogP contribution is 2.27. The maximum atomic E-state index is 13.7. The lowest BCUT2D eigenvalue weighted by Crippen LogP contribution is -2.42. The van der Waals surface area contributed by atoms with Crippen LogP contribution in [0, 0.1) is 23.5 Å². The summed E-state index contributed by atoms with van der Waals surface area (Å²) < 4.78 is 54.1. The Kier molecular flexibility index (Phi) is 5.81. The van der Waals surface area contributed by atoms with Crippen molar-refractivity contribution in [3.05, 3.63) is 59.7 Å². The van der Waals surface area contributed by atoms with Crippen LogP contribution in [0.2, 0.25) is 0 Å². The van der Waals surface area contributed by atoms with Gasteiger partial charge in [-0.1, -0.05) is 13.8 Å². The van der Waals surface area contributed by atoms with Crippen molar-refractivity contribution in [2.24, 2.45) is 11.8 Å². The second-order valence-corrected chi connectivity index (χ2v) is 9.31. The molecule has 0 bridgehead atoms. The maximum Gasteiger partial charge on any atom is 0.255 e. The van der Waals surface area contributed by atoms with E-state index < -0.39 is 27.6 Å². The van der Waals surface area contributed by atoms with Crippen LogP contribution in [0.25, 0.3) is 0 Å². The largest absolute Gasteiger partial charge is 0.319 e. The average molecular weight is 408 g/mol. The number of nitrogens with zero attached hydrogens (tertiary/aromatic N) is 1. The van der Waals surface area contributed by atoms with Crippen molar-refractivity contribution in [1.29, 1.82) is 0 Å². The summed E-state index contributed by atoms with van der Waals surface area (Å²) in [5.74, 6) is -1.53. The summed E-state index contributed by atoms with van der Waals surface area (Å²) in [6.45, 7) is 4.98. The van der Waals surface area contributed by atoms with Gasteiger partial charge in [0.05, 0.1) is 10.6 Å². The van der Waals surface area contributed by atoms with Gasteiger partial charge in [-0.2, -0.15) is 4.31 Å². The van der Waals surface area contributed by atoms with Crippen LogP contribution in [-0.2, 0) is 10.0 Å². The Morgan fingerprint density at radius 1 is 1.04 bits per heavy atom. The fourth-order valence-electron chi connectivity index (χ4n) is 3.52. The molecule has 1 saturated heterocycles. The van der Waals surface area contributed by atoms with Crippen LogP contribution < -0.4 is 5.32 Å². The molecule has 5 nitrogen and oxygen atoms in total. The van der Waals surface area contributed by atoms with Gasteiger partial charge in [0.1, 0.15) is 11.6 Å². The predicted molar refractivity (Wildman–Crippen MR) is 102 cm³/mol. The van der Waals surface area contributed by atoms with Crippen molar-refractivity contribution in [3.63, 3.8) is 0 Å². The fourth-order valence-corrected chi connectivity index (χ4v) is 5.20. The van der Waals surface area contributed by atoms with Crippen LogP contribution in [0.1, 0.15) is 30.6 Å². The average Bonchev–Trinajstić information content (AvgIpc) is 2.64. The van der Waals surface area contributed by atoms with Crippen LogP contribution >= 0.6 is 0 Å². The third-order valence-electron chi connectivity index (χ3n) is 4.77. The van der Waals surface area contributed by atoms with Crippen molar-refractivity contribution < 1.29 is 22.0 Å². The summed E-state index contributed by atoms with van der Waals surface area (Å²) in [5.41, 5.74) is -0.138. The molecule has 2 aromatic rings. The van der Waals surface area contributed by atoms with E-state index in [1.165, 1.54) is 28.6 Å². The number of hydrogen-bond acceptors (Lipinski definition) is 3. The topological polar surface area (TPSA) is 66.5 Å². The number of amides is 1. The first-order chi connectivity index (χ1) is 13.2. The second-order valence-electron chi connectivity index (χ2n) is 7.37. The summed E-state index contributed by atoms with van der Waals surface area (Å²) >= 11 is 0. The molecular weight excluding hydrogens is 386 g/mol. The molecule has 0 radical (unpaired) electrons. The smallest absolute Gasteiger partial charge is 0.255 e. The number of sulfonamides is 1. The quantitative estimate of drug-likeness (QED) is 0.835. The molecule has 1 aliphatic heterocycles. The van der Waals surface area contributed by atoms with Crippen LogP contribution in [-0.4, -0.2) is 31.7 Å². The molecule has 0 unspecified atom stereocenters. The molecule has 0 saturated carbocycles. The van der Waals surface area contributed by atoms with E-state index >= 15 is 0 Å². The molecule has 0 spiro atoms. The standard InChI is InChI=1S/C20H22F2N2O3S/c1-13-9-14(2)12-24(11-13)28(26,27)17-6-3-15(4-7-17)20(25)23-19-10-16(21)5-8-18(19)22/h3-8,10,13-14H,9,11-12H2,1-2H3,(H,23,25)/t13-,14-/m1/s1. The van der Waals surface area contributed by atoms with E-state index in [2.05, 4.69) is 5.32 Å². The molecule has 150 valence electrons. The van der Waals surface area contributed by atoms with E-state index in [1.807, 2.05) is 13.8 Å². The van der Waals surface area contributed by atoms with Gasteiger partial charge in [-0.3, -0.25) is 4.79 Å². The number of carbonyl (C=O) groups is 1. The molecule has 8 heteroatoms. The summed E-state index contributed by atoms with van der Waals surface area (Å²) in [6, 6.07) is 8.18. The Morgan fingerprint density at radius 2 is 1.64 bits per heavy atom. The summed E-state index contributed by atoms with van der Waals surface area (Å²) in [5, 5.41) is 2.29. The minimum atomic E-state index is -3.65. The number of anilines is 1. The zero-order valence-electron chi connectivity index (χ0n) is 15.7. The number of carbonyl (C=O) groups excluding carboxylic acids is 1. The predicted octanol–water partition coefficient (Wildman–Crippen LogP) is 3.88. The summed E-state index contributed by atoms with van der Waals surface area (Å²) in [4.78, 5) is 12.4. The highest BCUT2D eigenvalue weighted by molar-refractivity contribution is 7.89. The van der Waals surface area contributed by atoms with Gasteiger partial charge in [-0.15, -0.1) is 0 Å². The van der Waals surface area contributed by atoms with E-state index in [1.54, 1.807) is 0 Å². The first-order valence-electron chi connectivity index (χ1n) is 9.03. The third-order valence-corrected chi connectivity index (χ3v) is 6.61. The minimum absolute atomic E-state index is 0.0993. The highest BCUT2D eigenvalue weighted by atomic mass is 32.2. The van der Waals surface area contributed by atoms with E-state index in [4.69, 9.17) is 0 Å². The first kappa shape index (κ1) is 20.4. The molecule has 0 aliphatic carbocycles. The number of rotatable bonds is 4. The summed E-state index contributed by atoms with van der Waals surface area (Å²) in [6.07, 6.45) is 0.988. The van der Waals surface area contributed by atoms with Crippen LogP contribution in [0.4, 0.5) is 14.5 Å². The molecule has 28 heavy (non-hydrogen) atoms. The molecule has 1 fully saturated rings. The minimum Gasteiger partial charge on any atom is -0.319 e. The van der Waals surface area contributed by atoms with Gasteiger partial charge in [0.15, 0.2) is 0 Å². The molecule has 1 aliphatic rings. The van der Waals surface area contributed by atoms with Crippen LogP contribution in [0.5, 0.6) is 0 Å². The van der Waals surface area contributed by atoms with Crippen molar-refractivity contribution in [2.45, 2.75) is 25.2 Å². The Balaban J connectivity index is 1.77. The molecular formula is C20H22F2N2O3S. The van der Waals surface area contributed by atoms with Gasteiger partial charge < -0.3 is 5.32 Å². The van der Waals surface area contributed by atoms with Crippen LogP contribution in [0.15, 0.2) is 47.4 Å². The lowest BCUT2D eigenvalue weighted by molar-refractivity contribution is 0.102.